The smallest absolute Gasteiger partial charge is 0.251 e. The molecule has 0 aliphatic carbocycles. The fraction of sp³-hybridized carbons (Fsp3) is 0.333. The van der Waals surface area contributed by atoms with Gasteiger partial charge in [-0.1, -0.05) is 61.5 Å². The number of carbonyl (C=O) groups excluding carboxylic acids is 2. The van der Waals surface area contributed by atoms with Gasteiger partial charge in [-0.25, -0.2) is 0 Å². The zero-order chi connectivity index (χ0) is 21.8. The van der Waals surface area contributed by atoms with Crippen LogP contribution >= 0.6 is 0 Å². The molecule has 1 aliphatic heterocycles. The Hall–Kier alpha value is -3.48. The number of hydrogen-bond acceptors (Lipinski definition) is 5. The van der Waals surface area contributed by atoms with Crippen LogP contribution in [0.4, 0.5) is 0 Å². The SMILES string of the molecule is CC(C)c1ccc(CN2CC(c3noc(CNC(=O)c4ccccc4)n3)CC2=O)cc1. The van der Waals surface area contributed by atoms with Crippen molar-refractivity contribution in [3.8, 4) is 0 Å². The molecule has 1 N–H and O–H groups in total. The van der Waals surface area contributed by atoms with Crippen LogP contribution in [0, 0.1) is 0 Å². The van der Waals surface area contributed by atoms with Crippen molar-refractivity contribution in [3.63, 3.8) is 0 Å². The van der Waals surface area contributed by atoms with Gasteiger partial charge in [0.1, 0.15) is 0 Å². The van der Waals surface area contributed by atoms with E-state index in [0.29, 0.717) is 42.7 Å². The number of hydrogen-bond donors (Lipinski definition) is 1. The third-order valence-corrected chi connectivity index (χ3v) is 5.52. The lowest BCUT2D eigenvalue weighted by Gasteiger charge is -2.16. The monoisotopic (exact) mass is 418 g/mol. The quantitative estimate of drug-likeness (QED) is 0.633. The molecule has 1 atom stereocenters. The molecule has 1 fully saturated rings. The molecule has 0 bridgehead atoms. The minimum absolute atomic E-state index is 0.0849. The van der Waals surface area contributed by atoms with Gasteiger partial charge in [-0.15, -0.1) is 0 Å². The molecule has 2 heterocycles. The first kappa shape index (κ1) is 20.8. The Balaban J connectivity index is 1.33. The largest absolute Gasteiger partial charge is 0.343 e. The van der Waals surface area contributed by atoms with Gasteiger partial charge in [0, 0.05) is 31.0 Å². The summed E-state index contributed by atoms with van der Waals surface area (Å²) in [5, 5.41) is 6.81. The number of nitrogens with zero attached hydrogens (tertiary/aromatic N) is 3. The number of benzene rings is 2. The Morgan fingerprint density at radius 2 is 1.90 bits per heavy atom. The van der Waals surface area contributed by atoms with Gasteiger partial charge in [0.2, 0.25) is 11.8 Å². The number of amides is 2. The number of carbonyl (C=O) groups is 2. The van der Waals surface area contributed by atoms with Crippen LogP contribution in [0.15, 0.2) is 59.1 Å². The molecule has 3 aromatic rings. The van der Waals surface area contributed by atoms with Gasteiger partial charge in [0.05, 0.1) is 6.54 Å². The lowest BCUT2D eigenvalue weighted by Crippen LogP contribution is -2.24. The lowest BCUT2D eigenvalue weighted by molar-refractivity contribution is -0.128. The molecule has 160 valence electrons. The fourth-order valence-electron chi connectivity index (χ4n) is 3.68. The highest BCUT2D eigenvalue weighted by Gasteiger charge is 2.33. The standard InChI is InChI=1S/C24H26N4O3/c1-16(2)18-10-8-17(9-11-18)14-28-15-20(12-22(28)29)23-26-21(31-27-23)13-25-24(30)19-6-4-3-5-7-19/h3-11,16,20H,12-15H2,1-2H3,(H,25,30). The molecule has 2 aromatic carbocycles. The number of rotatable bonds is 7. The number of nitrogens with one attached hydrogen (secondary N) is 1. The topological polar surface area (TPSA) is 88.3 Å². The summed E-state index contributed by atoms with van der Waals surface area (Å²) >= 11 is 0. The van der Waals surface area contributed by atoms with Gasteiger partial charge >= 0.3 is 0 Å². The van der Waals surface area contributed by atoms with E-state index in [1.54, 1.807) is 24.3 Å². The van der Waals surface area contributed by atoms with Crippen LogP contribution in [-0.2, 0) is 17.9 Å². The molecule has 7 heteroatoms. The van der Waals surface area contributed by atoms with E-state index < -0.39 is 0 Å². The number of likely N-dealkylation sites (tertiary alicyclic amines) is 1. The van der Waals surface area contributed by atoms with Gasteiger partial charge in [-0.2, -0.15) is 4.98 Å². The zero-order valence-corrected chi connectivity index (χ0v) is 17.7. The highest BCUT2D eigenvalue weighted by molar-refractivity contribution is 5.93. The summed E-state index contributed by atoms with van der Waals surface area (Å²) in [5.74, 6) is 1.10. The van der Waals surface area contributed by atoms with E-state index in [1.165, 1.54) is 5.56 Å². The van der Waals surface area contributed by atoms with Gasteiger partial charge in [0.15, 0.2) is 5.82 Å². The van der Waals surface area contributed by atoms with E-state index >= 15 is 0 Å². The molecule has 1 aliphatic rings. The Morgan fingerprint density at radius 1 is 1.16 bits per heavy atom. The van der Waals surface area contributed by atoms with Crippen LogP contribution in [-0.4, -0.2) is 33.4 Å². The average molecular weight is 418 g/mol. The zero-order valence-electron chi connectivity index (χ0n) is 17.7. The first-order valence-corrected chi connectivity index (χ1v) is 10.5. The van der Waals surface area contributed by atoms with Crippen LogP contribution < -0.4 is 5.32 Å². The van der Waals surface area contributed by atoms with Crippen molar-refractivity contribution in [3.05, 3.63) is 83.0 Å². The first-order chi connectivity index (χ1) is 15.0. The van der Waals surface area contributed by atoms with Crippen molar-refractivity contribution in [2.75, 3.05) is 6.54 Å². The minimum Gasteiger partial charge on any atom is -0.343 e. The van der Waals surface area contributed by atoms with Crippen molar-refractivity contribution in [2.24, 2.45) is 0 Å². The molecular formula is C24H26N4O3. The third-order valence-electron chi connectivity index (χ3n) is 5.52. The second-order valence-electron chi connectivity index (χ2n) is 8.17. The molecule has 7 nitrogen and oxygen atoms in total. The minimum atomic E-state index is -0.203. The van der Waals surface area contributed by atoms with E-state index in [9.17, 15) is 9.59 Å². The molecule has 2 amide bonds. The van der Waals surface area contributed by atoms with Gasteiger partial charge < -0.3 is 14.7 Å². The van der Waals surface area contributed by atoms with Gasteiger partial charge in [-0.05, 0) is 29.2 Å². The number of aromatic nitrogens is 2. The highest BCUT2D eigenvalue weighted by Crippen LogP contribution is 2.27. The average Bonchev–Trinajstić information content (AvgIpc) is 3.40. The summed E-state index contributed by atoms with van der Waals surface area (Å²) in [7, 11) is 0. The second kappa shape index (κ2) is 9.12. The molecule has 0 spiro atoms. The van der Waals surface area contributed by atoms with Crippen molar-refractivity contribution in [1.29, 1.82) is 0 Å². The van der Waals surface area contributed by atoms with Crippen molar-refractivity contribution < 1.29 is 14.1 Å². The van der Waals surface area contributed by atoms with Crippen molar-refractivity contribution >= 4 is 11.8 Å². The van der Waals surface area contributed by atoms with Crippen LogP contribution in [0.3, 0.4) is 0 Å². The molecule has 0 radical (unpaired) electrons. The molecular weight excluding hydrogens is 392 g/mol. The Labute approximate surface area is 181 Å². The van der Waals surface area contributed by atoms with E-state index in [2.05, 4.69) is 53.6 Å². The summed E-state index contributed by atoms with van der Waals surface area (Å²) in [5.41, 5.74) is 2.96. The molecule has 1 unspecified atom stereocenters. The maximum atomic E-state index is 12.5. The molecule has 0 saturated carbocycles. The van der Waals surface area contributed by atoms with Crippen molar-refractivity contribution in [2.45, 2.75) is 45.2 Å². The summed E-state index contributed by atoms with van der Waals surface area (Å²) < 4.78 is 5.28. The van der Waals surface area contributed by atoms with Gasteiger partial charge in [0.25, 0.3) is 5.91 Å². The van der Waals surface area contributed by atoms with E-state index in [0.717, 1.165) is 5.56 Å². The van der Waals surface area contributed by atoms with Crippen LogP contribution in [0.2, 0.25) is 0 Å². The molecule has 1 saturated heterocycles. The van der Waals surface area contributed by atoms with Crippen LogP contribution in [0.1, 0.15) is 65.3 Å². The summed E-state index contributed by atoms with van der Waals surface area (Å²) in [6.45, 7) is 5.60. The maximum Gasteiger partial charge on any atom is 0.251 e. The first-order valence-electron chi connectivity index (χ1n) is 10.5. The van der Waals surface area contributed by atoms with Crippen LogP contribution in [0.5, 0.6) is 0 Å². The summed E-state index contributed by atoms with van der Waals surface area (Å²) in [6.07, 6.45) is 0.361. The Bertz CT molecular complexity index is 1040. The van der Waals surface area contributed by atoms with Crippen molar-refractivity contribution in [1.82, 2.24) is 20.4 Å². The predicted molar refractivity (Wildman–Crippen MR) is 115 cm³/mol. The third kappa shape index (κ3) is 4.99. The highest BCUT2D eigenvalue weighted by atomic mass is 16.5. The van der Waals surface area contributed by atoms with E-state index in [-0.39, 0.29) is 24.3 Å². The lowest BCUT2D eigenvalue weighted by atomic mass is 10.0. The molecule has 4 rings (SSSR count). The summed E-state index contributed by atoms with van der Waals surface area (Å²) in [6, 6.07) is 17.3. The molecule has 31 heavy (non-hydrogen) atoms. The Morgan fingerprint density at radius 3 is 2.61 bits per heavy atom. The molecule has 1 aromatic heterocycles. The second-order valence-corrected chi connectivity index (χ2v) is 8.17. The fourth-order valence-corrected chi connectivity index (χ4v) is 3.68. The maximum absolute atomic E-state index is 12.5. The van der Waals surface area contributed by atoms with E-state index in [4.69, 9.17) is 4.52 Å². The van der Waals surface area contributed by atoms with Crippen LogP contribution in [0.25, 0.3) is 0 Å². The van der Waals surface area contributed by atoms with Gasteiger partial charge in [-0.3, -0.25) is 9.59 Å². The predicted octanol–water partition coefficient (Wildman–Crippen LogP) is 3.64. The van der Waals surface area contributed by atoms with E-state index in [1.807, 2.05) is 11.0 Å². The normalized spacial score (nSPS) is 16.2. The Kier molecular flexibility index (Phi) is 6.11. The summed E-state index contributed by atoms with van der Waals surface area (Å²) in [4.78, 5) is 30.9.